The molecule has 6 heteroatoms. The average molecular weight is 389 g/mol. The number of carbonyl (C=O) groups is 2. The highest BCUT2D eigenvalue weighted by Crippen LogP contribution is 2.50. The maximum atomic E-state index is 13.3. The molecule has 4 nitrogen and oxygen atoms in total. The lowest BCUT2D eigenvalue weighted by Gasteiger charge is -2.27. The van der Waals surface area contributed by atoms with Crippen LogP contribution in [0.3, 0.4) is 0 Å². The van der Waals surface area contributed by atoms with Gasteiger partial charge in [-0.25, -0.2) is 0 Å². The zero-order valence-electron chi connectivity index (χ0n) is 14.3. The van der Waals surface area contributed by atoms with Crippen molar-refractivity contribution in [1.29, 1.82) is 0 Å². The fourth-order valence-corrected chi connectivity index (χ4v) is 4.17. The van der Waals surface area contributed by atoms with E-state index in [1.807, 2.05) is 31.2 Å². The van der Waals surface area contributed by atoms with Gasteiger partial charge in [-0.05, 0) is 56.0 Å². The number of nitrogens with one attached hydrogen (secondary N) is 1. The van der Waals surface area contributed by atoms with E-state index in [-0.39, 0.29) is 17.9 Å². The van der Waals surface area contributed by atoms with E-state index in [0.717, 1.165) is 17.7 Å². The molecule has 1 atom stereocenters. The molecular weight excluding hydrogens is 371 g/mol. The summed E-state index contributed by atoms with van der Waals surface area (Å²) in [6, 6.07) is 12.8. The maximum Gasteiger partial charge on any atom is 0.242 e. The van der Waals surface area contributed by atoms with E-state index in [0.29, 0.717) is 28.6 Å². The minimum Gasteiger partial charge on any atom is -0.325 e. The summed E-state index contributed by atoms with van der Waals surface area (Å²) < 4.78 is 0. The Bertz CT molecular complexity index is 888. The Morgan fingerprint density at radius 3 is 2.42 bits per heavy atom. The smallest absolute Gasteiger partial charge is 0.242 e. The summed E-state index contributed by atoms with van der Waals surface area (Å²) in [5, 5.41) is 3.69. The number of fused-ring (bicyclic) bond motifs is 1. The monoisotopic (exact) mass is 388 g/mol. The molecule has 0 aromatic heterocycles. The summed E-state index contributed by atoms with van der Waals surface area (Å²) >= 11 is 12.0. The van der Waals surface area contributed by atoms with Crippen LogP contribution in [0.25, 0.3) is 0 Å². The first-order valence-corrected chi connectivity index (χ1v) is 9.35. The Labute approximate surface area is 162 Å². The average Bonchev–Trinajstić information content (AvgIpc) is 3.31. The SMILES string of the molecule is CC1Cc2ccccc2N1C(=O)C1(C(=O)Nc2cc(Cl)cc(Cl)c2)CC1. The van der Waals surface area contributed by atoms with Crippen molar-refractivity contribution in [2.75, 3.05) is 10.2 Å². The Hall–Kier alpha value is -2.04. The maximum absolute atomic E-state index is 13.3. The Morgan fingerprint density at radius 1 is 1.12 bits per heavy atom. The van der Waals surface area contributed by atoms with E-state index in [1.54, 1.807) is 23.1 Å². The van der Waals surface area contributed by atoms with Crippen LogP contribution in [0.4, 0.5) is 11.4 Å². The van der Waals surface area contributed by atoms with Crippen molar-refractivity contribution in [1.82, 2.24) is 0 Å². The number of benzene rings is 2. The molecule has 1 aliphatic heterocycles. The van der Waals surface area contributed by atoms with E-state index in [2.05, 4.69) is 5.32 Å². The summed E-state index contributed by atoms with van der Waals surface area (Å²) in [5.41, 5.74) is 1.56. The molecule has 0 bridgehead atoms. The molecule has 1 heterocycles. The minimum absolute atomic E-state index is 0.0470. The van der Waals surface area contributed by atoms with Crippen molar-refractivity contribution in [2.45, 2.75) is 32.2 Å². The number of anilines is 2. The number of hydrogen-bond acceptors (Lipinski definition) is 2. The molecule has 2 aliphatic rings. The van der Waals surface area contributed by atoms with Crippen molar-refractivity contribution >= 4 is 46.4 Å². The van der Waals surface area contributed by atoms with Gasteiger partial charge in [0.15, 0.2) is 0 Å². The highest BCUT2D eigenvalue weighted by atomic mass is 35.5. The van der Waals surface area contributed by atoms with E-state index in [9.17, 15) is 9.59 Å². The number of nitrogens with zero attached hydrogens (tertiary/aromatic N) is 1. The summed E-state index contributed by atoms with van der Waals surface area (Å²) in [6.07, 6.45) is 1.91. The minimum atomic E-state index is -0.999. The lowest BCUT2D eigenvalue weighted by atomic mass is 10.0. The van der Waals surface area contributed by atoms with Crippen LogP contribution in [0, 0.1) is 5.41 Å². The largest absolute Gasteiger partial charge is 0.325 e. The van der Waals surface area contributed by atoms with Crippen LogP contribution in [0.2, 0.25) is 10.0 Å². The molecule has 2 amide bonds. The fraction of sp³-hybridized carbons (Fsp3) is 0.300. The third kappa shape index (κ3) is 2.87. The predicted molar refractivity (Wildman–Crippen MR) is 104 cm³/mol. The Morgan fingerprint density at radius 2 is 1.77 bits per heavy atom. The first kappa shape index (κ1) is 17.4. The Kier molecular flexibility index (Phi) is 4.20. The molecular formula is C20H18Cl2N2O2. The van der Waals surface area contributed by atoms with Crippen LogP contribution in [-0.2, 0) is 16.0 Å². The van der Waals surface area contributed by atoms with Gasteiger partial charge < -0.3 is 10.2 Å². The van der Waals surface area contributed by atoms with Crippen LogP contribution < -0.4 is 10.2 Å². The van der Waals surface area contributed by atoms with Gasteiger partial charge in [0, 0.05) is 27.5 Å². The molecule has 2 aromatic rings. The molecule has 1 N–H and O–H groups in total. The molecule has 0 radical (unpaired) electrons. The van der Waals surface area contributed by atoms with Gasteiger partial charge in [-0.15, -0.1) is 0 Å². The van der Waals surface area contributed by atoms with Gasteiger partial charge in [-0.3, -0.25) is 9.59 Å². The molecule has 1 unspecified atom stereocenters. The van der Waals surface area contributed by atoms with Gasteiger partial charge in [0.2, 0.25) is 11.8 Å². The highest BCUT2D eigenvalue weighted by Gasteiger charge is 2.59. The molecule has 134 valence electrons. The summed E-state index contributed by atoms with van der Waals surface area (Å²) in [7, 11) is 0. The van der Waals surface area contributed by atoms with Gasteiger partial charge in [0.25, 0.3) is 0 Å². The van der Waals surface area contributed by atoms with Gasteiger partial charge in [-0.2, -0.15) is 0 Å². The first-order chi connectivity index (χ1) is 12.4. The van der Waals surface area contributed by atoms with Crippen molar-refractivity contribution in [2.24, 2.45) is 5.41 Å². The quantitative estimate of drug-likeness (QED) is 0.775. The van der Waals surface area contributed by atoms with Crippen LogP contribution >= 0.6 is 23.2 Å². The van der Waals surface area contributed by atoms with Gasteiger partial charge >= 0.3 is 0 Å². The van der Waals surface area contributed by atoms with Crippen LogP contribution in [-0.4, -0.2) is 17.9 Å². The molecule has 1 saturated carbocycles. The molecule has 1 fully saturated rings. The topological polar surface area (TPSA) is 49.4 Å². The second kappa shape index (κ2) is 6.29. The molecule has 1 aliphatic carbocycles. The van der Waals surface area contributed by atoms with Gasteiger partial charge in [-0.1, -0.05) is 41.4 Å². The fourth-order valence-electron chi connectivity index (χ4n) is 3.65. The van der Waals surface area contributed by atoms with Gasteiger partial charge in [0.1, 0.15) is 5.41 Å². The van der Waals surface area contributed by atoms with Gasteiger partial charge in [0.05, 0.1) is 0 Å². The molecule has 26 heavy (non-hydrogen) atoms. The lowest BCUT2D eigenvalue weighted by molar-refractivity contribution is -0.132. The molecule has 0 saturated heterocycles. The second-order valence-electron chi connectivity index (χ2n) is 7.05. The molecule has 2 aromatic carbocycles. The third-order valence-electron chi connectivity index (χ3n) is 5.14. The zero-order chi connectivity index (χ0) is 18.5. The lowest BCUT2D eigenvalue weighted by Crippen LogP contribution is -2.45. The van der Waals surface area contributed by atoms with E-state index >= 15 is 0 Å². The van der Waals surface area contributed by atoms with Crippen LogP contribution in [0.5, 0.6) is 0 Å². The van der Waals surface area contributed by atoms with Crippen molar-refractivity contribution in [3.05, 3.63) is 58.1 Å². The predicted octanol–water partition coefficient (Wildman–Crippen LogP) is 4.69. The summed E-state index contributed by atoms with van der Waals surface area (Å²) in [4.78, 5) is 28.0. The number of hydrogen-bond donors (Lipinski definition) is 1. The summed E-state index contributed by atoms with van der Waals surface area (Å²) in [6.45, 7) is 2.02. The Balaban J connectivity index is 1.59. The van der Waals surface area contributed by atoms with E-state index < -0.39 is 5.41 Å². The highest BCUT2D eigenvalue weighted by molar-refractivity contribution is 6.35. The van der Waals surface area contributed by atoms with Crippen LogP contribution in [0.1, 0.15) is 25.3 Å². The second-order valence-corrected chi connectivity index (χ2v) is 7.92. The number of amides is 2. The number of carbonyl (C=O) groups excluding carboxylic acids is 2. The first-order valence-electron chi connectivity index (χ1n) is 8.60. The number of rotatable bonds is 3. The normalized spacial score (nSPS) is 19.8. The van der Waals surface area contributed by atoms with E-state index in [4.69, 9.17) is 23.2 Å². The number of halogens is 2. The van der Waals surface area contributed by atoms with Crippen molar-refractivity contribution in [3.8, 4) is 0 Å². The summed E-state index contributed by atoms with van der Waals surface area (Å²) in [5.74, 6) is -0.419. The molecule has 4 rings (SSSR count). The molecule has 0 spiro atoms. The van der Waals surface area contributed by atoms with Crippen molar-refractivity contribution < 1.29 is 9.59 Å². The zero-order valence-corrected chi connectivity index (χ0v) is 15.8. The standard InChI is InChI=1S/C20H18Cl2N2O2/c1-12-8-13-4-2-3-5-17(13)24(12)19(26)20(6-7-20)18(25)23-16-10-14(21)9-15(22)11-16/h2-5,9-12H,6-8H2,1H3,(H,23,25). The third-order valence-corrected chi connectivity index (χ3v) is 5.58. The number of para-hydroxylation sites is 1. The van der Waals surface area contributed by atoms with Crippen molar-refractivity contribution in [3.63, 3.8) is 0 Å². The van der Waals surface area contributed by atoms with E-state index in [1.165, 1.54) is 0 Å². The van der Waals surface area contributed by atoms with Crippen LogP contribution in [0.15, 0.2) is 42.5 Å².